The minimum absolute atomic E-state index is 0.194. The van der Waals surface area contributed by atoms with Crippen molar-refractivity contribution in [3.8, 4) is 16.9 Å². The summed E-state index contributed by atoms with van der Waals surface area (Å²) in [6, 6.07) is 18.4. The molecule has 5 aromatic rings. The van der Waals surface area contributed by atoms with E-state index in [9.17, 15) is 4.79 Å². The molecule has 0 spiro atoms. The van der Waals surface area contributed by atoms with E-state index in [1.54, 1.807) is 0 Å². The molecule has 0 amide bonds. The number of halogens is 1. The Kier molecular flexibility index (Phi) is 7.39. The second-order valence-corrected chi connectivity index (χ2v) is 12.1. The molecule has 0 saturated heterocycles. The number of benzene rings is 3. The van der Waals surface area contributed by atoms with Crippen molar-refractivity contribution in [2.24, 2.45) is 13.0 Å². The third-order valence-corrected chi connectivity index (χ3v) is 9.39. The predicted molar refractivity (Wildman–Crippen MR) is 169 cm³/mol. The molecule has 2 aliphatic heterocycles. The summed E-state index contributed by atoms with van der Waals surface area (Å²) in [6.45, 7) is 5.89. The van der Waals surface area contributed by atoms with Gasteiger partial charge < -0.3 is 18.8 Å². The predicted octanol–water partition coefficient (Wildman–Crippen LogP) is 7.65. The summed E-state index contributed by atoms with van der Waals surface area (Å²) < 4.78 is 22.4. The minimum atomic E-state index is -0.295. The van der Waals surface area contributed by atoms with Crippen LogP contribution in [0.4, 0.5) is 0 Å². The van der Waals surface area contributed by atoms with Crippen molar-refractivity contribution in [3.63, 3.8) is 0 Å². The topological polar surface area (TPSA) is 67.5 Å². The molecular formula is C35H36ClN3O4. The average Bonchev–Trinajstić information content (AvgIpc) is 3.43. The van der Waals surface area contributed by atoms with Gasteiger partial charge in [0.2, 0.25) is 0 Å². The molecule has 2 aromatic heterocycles. The van der Waals surface area contributed by atoms with Gasteiger partial charge in [-0.25, -0.2) is 4.79 Å². The van der Waals surface area contributed by atoms with E-state index in [4.69, 9.17) is 30.9 Å². The quantitative estimate of drug-likeness (QED) is 0.142. The number of aryl methyl sites for hydroxylation is 2. The zero-order valence-electron chi connectivity index (χ0n) is 24.9. The lowest BCUT2D eigenvalue weighted by Gasteiger charge is -2.35. The van der Waals surface area contributed by atoms with Crippen LogP contribution in [0.2, 0.25) is 5.02 Å². The molecule has 8 rings (SSSR count). The van der Waals surface area contributed by atoms with E-state index in [-0.39, 0.29) is 12.1 Å². The van der Waals surface area contributed by atoms with E-state index in [1.807, 2.05) is 49.0 Å². The first-order chi connectivity index (χ1) is 20.9. The number of esters is 1. The second-order valence-electron chi connectivity index (χ2n) is 11.7. The Balaban J connectivity index is 1.33. The number of carbonyl (C=O) groups excluding carboxylic acids is 1. The van der Waals surface area contributed by atoms with Crippen molar-refractivity contribution in [1.29, 1.82) is 0 Å². The lowest BCUT2D eigenvalue weighted by atomic mass is 9.82. The van der Waals surface area contributed by atoms with E-state index >= 15 is 0 Å². The smallest absolute Gasteiger partial charge is 0.355 e. The summed E-state index contributed by atoms with van der Waals surface area (Å²) in [6.07, 6.45) is 3.50. The Morgan fingerprint density at radius 2 is 1.88 bits per heavy atom. The van der Waals surface area contributed by atoms with Gasteiger partial charge in [-0.05, 0) is 68.5 Å². The van der Waals surface area contributed by atoms with Gasteiger partial charge in [-0.3, -0.25) is 4.68 Å². The normalized spacial score (nSPS) is 17.8. The minimum Gasteiger partial charge on any atom is -0.493 e. The summed E-state index contributed by atoms with van der Waals surface area (Å²) in [7, 11) is 1.95. The highest BCUT2D eigenvalue weighted by atomic mass is 35.5. The summed E-state index contributed by atoms with van der Waals surface area (Å²) in [4.78, 5) is 13.7. The Morgan fingerprint density at radius 3 is 2.72 bits per heavy atom. The summed E-state index contributed by atoms with van der Waals surface area (Å²) in [5.74, 6) is 0.979. The average molecular weight is 598 g/mol. The fourth-order valence-corrected chi connectivity index (χ4v) is 7.12. The highest BCUT2D eigenvalue weighted by molar-refractivity contribution is 6.35. The fourth-order valence-electron chi connectivity index (χ4n) is 6.87. The molecule has 1 fully saturated rings. The van der Waals surface area contributed by atoms with Crippen LogP contribution in [0.25, 0.3) is 32.8 Å². The van der Waals surface area contributed by atoms with Crippen molar-refractivity contribution >= 4 is 39.2 Å². The van der Waals surface area contributed by atoms with Crippen LogP contribution in [0.1, 0.15) is 53.6 Å². The lowest BCUT2D eigenvalue weighted by Crippen LogP contribution is -2.34. The van der Waals surface area contributed by atoms with Gasteiger partial charge in [0.1, 0.15) is 11.4 Å². The number of rotatable bonds is 7. The third-order valence-electron chi connectivity index (χ3n) is 9.07. The molecule has 4 heterocycles. The molecule has 0 atom stereocenters. The Morgan fingerprint density at radius 1 is 1.07 bits per heavy atom. The first kappa shape index (κ1) is 28.0. The Labute approximate surface area is 256 Å². The zero-order chi connectivity index (χ0) is 29.7. The maximum Gasteiger partial charge on any atom is 0.355 e. The maximum absolute atomic E-state index is 13.7. The van der Waals surface area contributed by atoms with Gasteiger partial charge in [0.15, 0.2) is 0 Å². The number of aromatic nitrogens is 3. The van der Waals surface area contributed by atoms with Crippen molar-refractivity contribution < 1.29 is 19.0 Å². The van der Waals surface area contributed by atoms with Crippen LogP contribution in [0.5, 0.6) is 5.75 Å². The number of carbonyl (C=O) groups is 1. The molecule has 222 valence electrons. The lowest BCUT2D eigenvalue weighted by molar-refractivity contribution is -0.0449. The van der Waals surface area contributed by atoms with E-state index in [1.165, 1.54) is 0 Å². The molecular weight excluding hydrogens is 562 g/mol. The highest BCUT2D eigenvalue weighted by Gasteiger charge is 2.36. The molecule has 0 unspecified atom stereocenters. The number of hydrogen-bond donors (Lipinski definition) is 0. The van der Waals surface area contributed by atoms with E-state index in [0.29, 0.717) is 49.4 Å². The first-order valence-electron chi connectivity index (χ1n) is 15.2. The molecule has 0 N–H and O–H groups in total. The van der Waals surface area contributed by atoms with Gasteiger partial charge in [-0.2, -0.15) is 5.10 Å². The Bertz CT molecular complexity index is 1840. The van der Waals surface area contributed by atoms with Gasteiger partial charge in [0, 0.05) is 41.2 Å². The number of nitrogens with zero attached hydrogens (tertiary/aromatic N) is 3. The van der Waals surface area contributed by atoms with Crippen molar-refractivity contribution in [3.05, 3.63) is 82.3 Å². The second kappa shape index (κ2) is 11.4. The van der Waals surface area contributed by atoms with Crippen molar-refractivity contribution in [1.82, 2.24) is 14.3 Å². The summed E-state index contributed by atoms with van der Waals surface area (Å²) in [5.41, 5.74) is 6.36. The SMILES string of the molecule is CCOC(=O)c1c(CCCOc2cccc3ccccc23)c2ccc(Cl)c3c2n1CC1CC(C1)OCc1nn(C)c(C)c1-3. The summed E-state index contributed by atoms with van der Waals surface area (Å²) >= 11 is 7.04. The molecule has 1 saturated carbocycles. The van der Waals surface area contributed by atoms with E-state index in [0.717, 1.165) is 74.8 Å². The largest absolute Gasteiger partial charge is 0.493 e. The third kappa shape index (κ3) is 4.88. The van der Waals surface area contributed by atoms with E-state index < -0.39 is 0 Å². The van der Waals surface area contributed by atoms with Crippen LogP contribution in [0, 0.1) is 12.8 Å². The van der Waals surface area contributed by atoms with Gasteiger partial charge in [-0.1, -0.05) is 54.1 Å². The number of fused-ring (bicyclic) bond motifs is 2. The van der Waals surface area contributed by atoms with Crippen molar-refractivity contribution in [2.75, 3.05) is 13.2 Å². The zero-order valence-corrected chi connectivity index (χ0v) is 25.6. The maximum atomic E-state index is 13.7. The molecule has 2 bridgehead atoms. The van der Waals surface area contributed by atoms with Crippen LogP contribution >= 0.6 is 11.6 Å². The fraction of sp³-hybridized carbons (Fsp3) is 0.371. The van der Waals surface area contributed by atoms with Crippen LogP contribution in [0.3, 0.4) is 0 Å². The Hall–Kier alpha value is -3.81. The molecule has 0 radical (unpaired) electrons. The van der Waals surface area contributed by atoms with Gasteiger partial charge in [0.25, 0.3) is 0 Å². The van der Waals surface area contributed by atoms with Gasteiger partial charge in [0.05, 0.1) is 42.2 Å². The summed E-state index contributed by atoms with van der Waals surface area (Å²) in [5, 5.41) is 8.74. The molecule has 3 aromatic carbocycles. The van der Waals surface area contributed by atoms with E-state index in [2.05, 4.69) is 35.8 Å². The molecule has 3 aliphatic rings. The van der Waals surface area contributed by atoms with Crippen LogP contribution < -0.4 is 4.74 Å². The first-order valence-corrected chi connectivity index (χ1v) is 15.6. The molecule has 7 nitrogen and oxygen atoms in total. The highest BCUT2D eigenvalue weighted by Crippen LogP contribution is 2.45. The van der Waals surface area contributed by atoms with Gasteiger partial charge in [-0.15, -0.1) is 0 Å². The van der Waals surface area contributed by atoms with Crippen LogP contribution in [0.15, 0.2) is 54.6 Å². The van der Waals surface area contributed by atoms with Crippen LogP contribution in [-0.4, -0.2) is 39.6 Å². The molecule has 43 heavy (non-hydrogen) atoms. The van der Waals surface area contributed by atoms with Gasteiger partial charge >= 0.3 is 5.97 Å². The molecule has 1 aliphatic carbocycles. The number of ether oxygens (including phenoxy) is 3. The van der Waals surface area contributed by atoms with Crippen LogP contribution in [-0.2, 0) is 36.1 Å². The standard InChI is InChI=1S/C35H36ClN3O4/c1-4-41-35(40)34-26(12-8-16-42-30-13-7-10-23-9-5-6-11-25(23)30)27-14-15-28(36)32-31-21(2)38(3)37-29(31)20-43-24-17-22(18-24)19-39(34)33(27)32/h5-7,9-11,13-15,22,24H,4,8,12,16-20H2,1-3H3. The monoisotopic (exact) mass is 597 g/mol. The molecule has 8 heteroatoms. The van der Waals surface area contributed by atoms with Crippen molar-refractivity contribution in [2.45, 2.75) is 58.8 Å². The number of hydrogen-bond acceptors (Lipinski definition) is 5.